The third kappa shape index (κ3) is 4.13. The fourth-order valence-electron chi connectivity index (χ4n) is 3.35. The summed E-state index contributed by atoms with van der Waals surface area (Å²) in [6, 6.07) is 15.8. The van der Waals surface area contributed by atoms with Gasteiger partial charge in [-0.3, -0.25) is 4.79 Å². The topological polar surface area (TPSA) is 32.8 Å². The summed E-state index contributed by atoms with van der Waals surface area (Å²) >= 11 is 0. The van der Waals surface area contributed by atoms with E-state index in [0.29, 0.717) is 6.54 Å². The molecule has 4 nitrogen and oxygen atoms in total. The minimum atomic E-state index is 0.0242. The van der Waals surface area contributed by atoms with Crippen LogP contribution in [0.4, 0.5) is 5.69 Å². The zero-order valence-corrected chi connectivity index (χ0v) is 15.1. The number of anilines is 1. The van der Waals surface area contributed by atoms with Crippen LogP contribution in [0, 0.1) is 0 Å². The van der Waals surface area contributed by atoms with Gasteiger partial charge in [-0.2, -0.15) is 0 Å². The Labute approximate surface area is 150 Å². The Bertz CT molecular complexity index is 706. The first-order valence-corrected chi connectivity index (χ1v) is 8.91. The van der Waals surface area contributed by atoms with Gasteiger partial charge in [0.15, 0.2) is 0 Å². The van der Waals surface area contributed by atoms with Crippen molar-refractivity contribution in [3.63, 3.8) is 0 Å². The van der Waals surface area contributed by atoms with Crippen molar-refractivity contribution in [2.45, 2.75) is 25.8 Å². The lowest BCUT2D eigenvalue weighted by molar-refractivity contribution is 0.0784. The van der Waals surface area contributed by atoms with Gasteiger partial charge in [0.05, 0.1) is 7.11 Å². The van der Waals surface area contributed by atoms with Crippen molar-refractivity contribution in [1.82, 2.24) is 4.90 Å². The first-order valence-electron chi connectivity index (χ1n) is 8.91. The lowest BCUT2D eigenvalue weighted by Gasteiger charge is -2.29. The van der Waals surface area contributed by atoms with Crippen LogP contribution in [0.3, 0.4) is 0 Å². The summed E-state index contributed by atoms with van der Waals surface area (Å²) in [5.41, 5.74) is 2.94. The number of methoxy groups -OCH3 is 1. The molecule has 0 N–H and O–H groups in total. The number of rotatable bonds is 5. The quantitative estimate of drug-likeness (QED) is 0.827. The molecule has 0 spiro atoms. The van der Waals surface area contributed by atoms with Crippen molar-refractivity contribution in [2.24, 2.45) is 0 Å². The van der Waals surface area contributed by atoms with Gasteiger partial charge in [0.2, 0.25) is 0 Å². The van der Waals surface area contributed by atoms with Gasteiger partial charge in [0.1, 0.15) is 5.75 Å². The van der Waals surface area contributed by atoms with E-state index < -0.39 is 0 Å². The number of benzene rings is 2. The summed E-state index contributed by atoms with van der Waals surface area (Å²) in [5, 5.41) is 0. The molecular formula is C21H26N2O2. The predicted octanol–water partition coefficient (Wildman–Crippen LogP) is 3.96. The van der Waals surface area contributed by atoms with E-state index in [4.69, 9.17) is 4.74 Å². The molecule has 0 unspecified atom stereocenters. The van der Waals surface area contributed by atoms with Gasteiger partial charge < -0.3 is 14.5 Å². The zero-order chi connectivity index (χ0) is 17.6. The molecule has 0 aromatic heterocycles. The van der Waals surface area contributed by atoms with Crippen LogP contribution in [0.25, 0.3) is 0 Å². The second kappa shape index (κ2) is 8.06. The Morgan fingerprint density at radius 3 is 2.40 bits per heavy atom. The van der Waals surface area contributed by atoms with E-state index in [-0.39, 0.29) is 5.91 Å². The van der Waals surface area contributed by atoms with Gasteiger partial charge in [-0.1, -0.05) is 18.2 Å². The molecule has 25 heavy (non-hydrogen) atoms. The van der Waals surface area contributed by atoms with E-state index in [2.05, 4.69) is 17.0 Å². The first kappa shape index (κ1) is 17.3. The van der Waals surface area contributed by atoms with Gasteiger partial charge >= 0.3 is 0 Å². The number of piperidine rings is 1. The Morgan fingerprint density at radius 2 is 1.72 bits per heavy atom. The van der Waals surface area contributed by atoms with Crippen LogP contribution in [-0.2, 0) is 6.54 Å². The Balaban J connectivity index is 1.67. The molecule has 1 aliphatic rings. The van der Waals surface area contributed by atoms with E-state index in [1.807, 2.05) is 43.4 Å². The first-order chi connectivity index (χ1) is 12.2. The standard InChI is InChI=1S/C21H26N2O2/c1-22(16-18-8-4-5-9-20(18)25-2)21(24)17-10-12-19(13-11-17)23-14-6-3-7-15-23/h4-5,8-13H,3,6-7,14-16H2,1-2H3. The van der Waals surface area contributed by atoms with Crippen LogP contribution in [0.1, 0.15) is 35.2 Å². The normalized spacial score (nSPS) is 14.2. The van der Waals surface area contributed by atoms with Crippen molar-refractivity contribution >= 4 is 11.6 Å². The minimum Gasteiger partial charge on any atom is -0.496 e. The van der Waals surface area contributed by atoms with E-state index in [9.17, 15) is 4.79 Å². The molecule has 0 atom stereocenters. The monoisotopic (exact) mass is 338 g/mol. The lowest BCUT2D eigenvalue weighted by Crippen LogP contribution is -2.29. The molecule has 1 saturated heterocycles. The highest BCUT2D eigenvalue weighted by atomic mass is 16.5. The molecule has 3 rings (SSSR count). The number of hydrogen-bond donors (Lipinski definition) is 0. The molecule has 1 aliphatic heterocycles. The van der Waals surface area contributed by atoms with Crippen LogP contribution in [0.2, 0.25) is 0 Å². The second-order valence-electron chi connectivity index (χ2n) is 6.57. The third-order valence-corrected chi connectivity index (χ3v) is 4.78. The average molecular weight is 338 g/mol. The summed E-state index contributed by atoms with van der Waals surface area (Å²) in [4.78, 5) is 16.8. The largest absolute Gasteiger partial charge is 0.496 e. The second-order valence-corrected chi connectivity index (χ2v) is 6.57. The maximum absolute atomic E-state index is 12.7. The van der Waals surface area contributed by atoms with Gasteiger partial charge in [-0.15, -0.1) is 0 Å². The van der Waals surface area contributed by atoms with Gasteiger partial charge in [-0.05, 0) is 49.6 Å². The number of carbonyl (C=O) groups is 1. The molecule has 0 bridgehead atoms. The number of hydrogen-bond acceptors (Lipinski definition) is 3. The summed E-state index contributed by atoms with van der Waals surface area (Å²) in [6.45, 7) is 2.75. The molecular weight excluding hydrogens is 312 g/mol. The Morgan fingerprint density at radius 1 is 1.04 bits per heavy atom. The number of ether oxygens (including phenoxy) is 1. The molecule has 4 heteroatoms. The fraction of sp³-hybridized carbons (Fsp3) is 0.381. The van der Waals surface area contributed by atoms with Crippen LogP contribution in [0.15, 0.2) is 48.5 Å². The molecule has 1 heterocycles. The molecule has 1 amide bonds. The Kier molecular flexibility index (Phi) is 5.59. The molecule has 2 aromatic carbocycles. The van der Waals surface area contributed by atoms with Crippen molar-refractivity contribution in [3.05, 3.63) is 59.7 Å². The molecule has 0 aliphatic carbocycles. The van der Waals surface area contributed by atoms with Gasteiger partial charge in [-0.25, -0.2) is 0 Å². The third-order valence-electron chi connectivity index (χ3n) is 4.78. The van der Waals surface area contributed by atoms with E-state index in [1.54, 1.807) is 12.0 Å². The van der Waals surface area contributed by atoms with E-state index in [1.165, 1.54) is 24.9 Å². The number of para-hydroxylation sites is 1. The van der Waals surface area contributed by atoms with Crippen molar-refractivity contribution in [2.75, 3.05) is 32.1 Å². The van der Waals surface area contributed by atoms with Gasteiger partial charge in [0.25, 0.3) is 5.91 Å². The van der Waals surface area contributed by atoms with Gasteiger partial charge in [0, 0.05) is 43.5 Å². The highest BCUT2D eigenvalue weighted by molar-refractivity contribution is 5.94. The molecule has 0 radical (unpaired) electrons. The smallest absolute Gasteiger partial charge is 0.253 e. The number of carbonyl (C=O) groups excluding carboxylic acids is 1. The summed E-state index contributed by atoms with van der Waals surface area (Å²) < 4.78 is 5.37. The molecule has 132 valence electrons. The molecule has 1 fully saturated rings. The van der Waals surface area contributed by atoms with Crippen LogP contribution < -0.4 is 9.64 Å². The highest BCUT2D eigenvalue weighted by Crippen LogP contribution is 2.22. The predicted molar refractivity (Wildman–Crippen MR) is 101 cm³/mol. The minimum absolute atomic E-state index is 0.0242. The average Bonchev–Trinajstić information content (AvgIpc) is 2.68. The maximum atomic E-state index is 12.7. The van der Waals surface area contributed by atoms with Crippen molar-refractivity contribution in [3.8, 4) is 5.75 Å². The zero-order valence-electron chi connectivity index (χ0n) is 15.1. The SMILES string of the molecule is COc1ccccc1CN(C)C(=O)c1ccc(N2CCCCC2)cc1. The summed E-state index contributed by atoms with van der Waals surface area (Å²) in [5.74, 6) is 0.832. The summed E-state index contributed by atoms with van der Waals surface area (Å²) in [6.07, 6.45) is 3.82. The molecule has 2 aromatic rings. The van der Waals surface area contributed by atoms with Crippen LogP contribution in [0.5, 0.6) is 5.75 Å². The fourth-order valence-corrected chi connectivity index (χ4v) is 3.35. The highest BCUT2D eigenvalue weighted by Gasteiger charge is 2.15. The summed E-state index contributed by atoms with van der Waals surface area (Å²) in [7, 11) is 3.48. The lowest BCUT2D eigenvalue weighted by atomic mass is 10.1. The van der Waals surface area contributed by atoms with E-state index >= 15 is 0 Å². The Hall–Kier alpha value is -2.49. The number of nitrogens with zero attached hydrogens (tertiary/aromatic N) is 2. The van der Waals surface area contributed by atoms with Crippen molar-refractivity contribution in [1.29, 1.82) is 0 Å². The van der Waals surface area contributed by atoms with E-state index in [0.717, 1.165) is 30.0 Å². The molecule has 0 saturated carbocycles. The number of amides is 1. The van der Waals surface area contributed by atoms with Crippen LogP contribution in [-0.4, -0.2) is 38.1 Å². The maximum Gasteiger partial charge on any atom is 0.253 e. The van der Waals surface area contributed by atoms with Crippen LogP contribution >= 0.6 is 0 Å². The van der Waals surface area contributed by atoms with Crippen molar-refractivity contribution < 1.29 is 9.53 Å².